The SMILES string of the molecule is N#C[C@@H]1[C@@H](c2ccc(C#CCC3CCCC3)cc2)[C@H](CO)N1C(=O)c1ccccn1. The Bertz CT molecular complexity index is 979. The van der Waals surface area contributed by atoms with Gasteiger partial charge in [-0.25, -0.2) is 0 Å². The van der Waals surface area contributed by atoms with Crippen LogP contribution in [0.3, 0.4) is 0 Å². The third-order valence-electron chi connectivity index (χ3n) is 6.24. The van der Waals surface area contributed by atoms with E-state index < -0.39 is 12.1 Å². The van der Waals surface area contributed by atoms with E-state index in [1.807, 2.05) is 24.3 Å². The van der Waals surface area contributed by atoms with Crippen LogP contribution in [0.1, 0.15) is 59.6 Å². The molecule has 1 aromatic heterocycles. The van der Waals surface area contributed by atoms with E-state index in [9.17, 15) is 15.2 Å². The highest BCUT2D eigenvalue weighted by Crippen LogP contribution is 2.41. The highest BCUT2D eigenvalue weighted by Gasteiger charge is 2.52. The Morgan fingerprint density at radius 1 is 1.17 bits per heavy atom. The summed E-state index contributed by atoms with van der Waals surface area (Å²) >= 11 is 0. The topological polar surface area (TPSA) is 77.2 Å². The smallest absolute Gasteiger partial charge is 0.273 e. The average Bonchev–Trinajstić information content (AvgIpc) is 3.29. The van der Waals surface area contributed by atoms with Gasteiger partial charge in [-0.15, -0.1) is 0 Å². The Kier molecular flexibility index (Phi) is 6.12. The van der Waals surface area contributed by atoms with Gasteiger partial charge < -0.3 is 10.0 Å². The Labute approximate surface area is 177 Å². The molecule has 1 amide bonds. The van der Waals surface area contributed by atoms with Crippen molar-refractivity contribution in [2.45, 2.75) is 50.1 Å². The van der Waals surface area contributed by atoms with Crippen molar-refractivity contribution >= 4 is 5.91 Å². The summed E-state index contributed by atoms with van der Waals surface area (Å²) in [5.41, 5.74) is 2.17. The molecular weight excluding hydrogens is 374 g/mol. The lowest BCUT2D eigenvalue weighted by molar-refractivity contribution is -0.00629. The molecule has 0 unspecified atom stereocenters. The van der Waals surface area contributed by atoms with Crippen LogP contribution in [0, 0.1) is 29.1 Å². The van der Waals surface area contributed by atoms with Crippen molar-refractivity contribution in [3.05, 3.63) is 65.5 Å². The molecule has 0 spiro atoms. The van der Waals surface area contributed by atoms with E-state index >= 15 is 0 Å². The van der Waals surface area contributed by atoms with Crippen molar-refractivity contribution in [3.63, 3.8) is 0 Å². The molecule has 3 atom stereocenters. The van der Waals surface area contributed by atoms with Crippen molar-refractivity contribution in [2.75, 3.05) is 6.61 Å². The second-order valence-electron chi connectivity index (χ2n) is 8.06. The summed E-state index contributed by atoms with van der Waals surface area (Å²) in [6.07, 6.45) is 7.75. The quantitative estimate of drug-likeness (QED) is 0.798. The van der Waals surface area contributed by atoms with Crippen molar-refractivity contribution in [2.24, 2.45) is 5.92 Å². The average molecular weight is 399 g/mol. The molecule has 5 nitrogen and oxygen atoms in total. The fourth-order valence-corrected chi connectivity index (χ4v) is 4.61. The van der Waals surface area contributed by atoms with Crippen LogP contribution in [0.15, 0.2) is 48.7 Å². The van der Waals surface area contributed by atoms with E-state index in [1.165, 1.54) is 30.6 Å². The number of aliphatic hydroxyl groups is 1. The Morgan fingerprint density at radius 2 is 1.93 bits per heavy atom. The van der Waals surface area contributed by atoms with Crippen molar-refractivity contribution in [1.82, 2.24) is 9.88 Å². The van der Waals surface area contributed by atoms with Gasteiger partial charge in [-0.05, 0) is 48.6 Å². The van der Waals surface area contributed by atoms with Crippen LogP contribution < -0.4 is 0 Å². The maximum atomic E-state index is 12.8. The maximum absolute atomic E-state index is 12.8. The van der Waals surface area contributed by atoms with Crippen LogP contribution in [0.5, 0.6) is 0 Å². The largest absolute Gasteiger partial charge is 0.394 e. The van der Waals surface area contributed by atoms with Gasteiger partial charge in [-0.1, -0.05) is 42.9 Å². The third kappa shape index (κ3) is 3.95. The van der Waals surface area contributed by atoms with E-state index in [-0.39, 0.29) is 24.1 Å². The van der Waals surface area contributed by atoms with Gasteiger partial charge in [0.1, 0.15) is 11.7 Å². The van der Waals surface area contributed by atoms with E-state index in [2.05, 4.69) is 22.9 Å². The lowest BCUT2D eigenvalue weighted by Gasteiger charge is -2.51. The van der Waals surface area contributed by atoms with Gasteiger partial charge in [0.2, 0.25) is 0 Å². The predicted molar refractivity (Wildman–Crippen MR) is 113 cm³/mol. The molecule has 4 rings (SSSR count). The summed E-state index contributed by atoms with van der Waals surface area (Å²) in [4.78, 5) is 18.3. The molecule has 1 aliphatic heterocycles. The summed E-state index contributed by atoms with van der Waals surface area (Å²) in [6.45, 7) is -0.204. The highest BCUT2D eigenvalue weighted by atomic mass is 16.3. The molecule has 2 heterocycles. The molecule has 2 aliphatic rings. The van der Waals surface area contributed by atoms with E-state index in [0.717, 1.165) is 23.5 Å². The van der Waals surface area contributed by atoms with Crippen molar-refractivity contribution in [1.29, 1.82) is 5.26 Å². The standard InChI is InChI=1S/C25H25N3O2/c26-16-22-24(23(17-29)28(22)25(30)21-10-3-4-15-27-21)20-13-11-19(12-14-20)9-5-8-18-6-1-2-7-18/h3-4,10-15,18,22-24,29H,1-2,6-8,17H2/t22-,23+,24-/m1/s1. The lowest BCUT2D eigenvalue weighted by atomic mass is 9.75. The van der Waals surface area contributed by atoms with Gasteiger partial charge in [0.05, 0.1) is 18.7 Å². The highest BCUT2D eigenvalue weighted by molar-refractivity contribution is 5.94. The summed E-state index contributed by atoms with van der Waals surface area (Å²) in [6, 6.07) is 14.1. The van der Waals surface area contributed by atoms with Gasteiger partial charge in [-0.3, -0.25) is 9.78 Å². The zero-order valence-electron chi connectivity index (χ0n) is 16.9. The van der Waals surface area contributed by atoms with Gasteiger partial charge >= 0.3 is 0 Å². The normalized spacial score (nSPS) is 23.2. The molecule has 152 valence electrons. The zero-order valence-corrected chi connectivity index (χ0v) is 16.9. The second kappa shape index (κ2) is 9.11. The first-order chi connectivity index (χ1) is 14.7. The first-order valence-corrected chi connectivity index (χ1v) is 10.6. The monoisotopic (exact) mass is 399 g/mol. The van der Waals surface area contributed by atoms with Gasteiger partial charge in [-0.2, -0.15) is 5.26 Å². The molecule has 2 aromatic rings. The second-order valence-corrected chi connectivity index (χ2v) is 8.06. The Morgan fingerprint density at radius 3 is 2.57 bits per heavy atom. The minimum atomic E-state index is -0.629. The molecule has 1 aliphatic carbocycles. The number of pyridine rings is 1. The molecule has 1 saturated heterocycles. The minimum absolute atomic E-state index is 0.204. The molecule has 5 heteroatoms. The Hall–Kier alpha value is -3.15. The molecule has 30 heavy (non-hydrogen) atoms. The van der Waals surface area contributed by atoms with Crippen LogP contribution in [0.25, 0.3) is 0 Å². The molecule has 1 saturated carbocycles. The predicted octanol–water partition coefficient (Wildman–Crippen LogP) is 3.51. The Balaban J connectivity index is 1.47. The number of rotatable bonds is 4. The number of hydrogen-bond acceptors (Lipinski definition) is 4. The van der Waals surface area contributed by atoms with E-state index in [1.54, 1.807) is 24.4 Å². The van der Waals surface area contributed by atoms with Crippen LogP contribution in [0.2, 0.25) is 0 Å². The number of nitriles is 1. The number of nitrogens with zero attached hydrogens (tertiary/aromatic N) is 3. The third-order valence-corrected chi connectivity index (χ3v) is 6.24. The molecular formula is C25H25N3O2. The maximum Gasteiger partial charge on any atom is 0.273 e. The summed E-state index contributed by atoms with van der Waals surface area (Å²) in [7, 11) is 0. The van der Waals surface area contributed by atoms with Crippen LogP contribution >= 0.6 is 0 Å². The first kappa shape index (κ1) is 20.1. The van der Waals surface area contributed by atoms with Gasteiger partial charge in [0, 0.05) is 24.1 Å². The van der Waals surface area contributed by atoms with Crippen molar-refractivity contribution in [3.8, 4) is 17.9 Å². The number of carbonyl (C=O) groups excluding carboxylic acids is 1. The molecule has 1 aromatic carbocycles. The number of carbonyl (C=O) groups is 1. The van der Waals surface area contributed by atoms with E-state index in [0.29, 0.717) is 0 Å². The molecule has 0 radical (unpaired) electrons. The fraction of sp³-hybridized carbons (Fsp3) is 0.400. The summed E-state index contributed by atoms with van der Waals surface area (Å²) in [5, 5.41) is 19.6. The van der Waals surface area contributed by atoms with Crippen molar-refractivity contribution < 1.29 is 9.90 Å². The number of aliphatic hydroxyl groups excluding tert-OH is 1. The number of amides is 1. The molecule has 0 bridgehead atoms. The number of aromatic nitrogens is 1. The van der Waals surface area contributed by atoms with Crippen LogP contribution in [0.4, 0.5) is 0 Å². The van der Waals surface area contributed by atoms with Crippen LogP contribution in [-0.2, 0) is 0 Å². The first-order valence-electron chi connectivity index (χ1n) is 10.6. The van der Waals surface area contributed by atoms with Gasteiger partial charge in [0.15, 0.2) is 0 Å². The number of benzene rings is 1. The van der Waals surface area contributed by atoms with Crippen LogP contribution in [-0.4, -0.2) is 39.6 Å². The lowest BCUT2D eigenvalue weighted by Crippen LogP contribution is -2.65. The van der Waals surface area contributed by atoms with E-state index in [4.69, 9.17) is 0 Å². The molecule has 2 fully saturated rings. The fourth-order valence-electron chi connectivity index (χ4n) is 4.61. The summed E-state index contributed by atoms with van der Waals surface area (Å²) < 4.78 is 0. The summed E-state index contributed by atoms with van der Waals surface area (Å²) in [5.74, 6) is 6.72. The number of likely N-dealkylation sites (tertiary alicyclic amines) is 1. The zero-order chi connectivity index (χ0) is 20.9. The minimum Gasteiger partial charge on any atom is -0.394 e. The number of hydrogen-bond donors (Lipinski definition) is 1. The van der Waals surface area contributed by atoms with Gasteiger partial charge in [0.25, 0.3) is 5.91 Å². The molecule has 1 N–H and O–H groups in total.